The molecule has 2 nitrogen and oxygen atoms in total. The first-order valence-corrected chi connectivity index (χ1v) is 23.2. The predicted molar refractivity (Wildman–Crippen MR) is 240 cm³/mol. The second kappa shape index (κ2) is 13.8. The lowest BCUT2D eigenvalue weighted by Crippen LogP contribution is -2.65. The molecule has 0 radical (unpaired) electrons. The predicted octanol–water partition coefficient (Wildman–Crippen LogP) is 11.1. The Morgan fingerprint density at radius 2 is 0.870 bits per heavy atom. The van der Waals surface area contributed by atoms with Crippen LogP contribution in [-0.4, -0.2) is 14.8 Å². The molecule has 2 aliphatic rings. The Kier molecular flexibility index (Phi) is 9.25. The summed E-state index contributed by atoms with van der Waals surface area (Å²) in [6.07, 6.45) is 0. The van der Waals surface area contributed by atoms with Gasteiger partial charge in [-0.1, -0.05) is 159 Å². The van der Waals surface area contributed by atoms with Crippen molar-refractivity contribution >= 4 is 75.7 Å². The van der Waals surface area contributed by atoms with E-state index in [2.05, 4.69) is 206 Å². The van der Waals surface area contributed by atoms with E-state index in [9.17, 15) is 0 Å². The quantitative estimate of drug-likeness (QED) is 0.144. The Labute approximate surface area is 326 Å². The lowest BCUT2D eigenvalue weighted by Gasteiger charge is -2.46. The molecule has 0 unspecified atom stereocenters. The van der Waals surface area contributed by atoms with Crippen LogP contribution in [0.25, 0.3) is 0 Å². The summed E-state index contributed by atoms with van der Waals surface area (Å²) in [6.45, 7) is 23.6. The SMILES string of the molecule is CC(C)c1ccc(N2c3ccc(C(C)C)cc3B3c4cc(C(C)C)ccc4N(c4ccc(C(C)C)cc4)c4c([Si](C)(C)c5ccccc5)ccc2c43)cc1. The van der Waals surface area contributed by atoms with Gasteiger partial charge in [-0.3, -0.25) is 0 Å². The molecule has 4 heteroatoms. The molecule has 0 atom stereocenters. The number of fused-ring (bicyclic) bond motifs is 4. The largest absolute Gasteiger partial charge is 0.312 e. The molecule has 2 aliphatic heterocycles. The van der Waals surface area contributed by atoms with Gasteiger partial charge in [0, 0.05) is 34.1 Å². The average Bonchev–Trinajstić information content (AvgIpc) is 3.17. The highest BCUT2D eigenvalue weighted by Gasteiger charge is 2.46. The summed E-state index contributed by atoms with van der Waals surface area (Å²) in [5, 5.41) is 2.93. The lowest BCUT2D eigenvalue weighted by atomic mass is 9.33. The molecular weight excluding hydrogens is 667 g/mol. The second-order valence-electron chi connectivity index (χ2n) is 17.4. The van der Waals surface area contributed by atoms with Gasteiger partial charge in [0.1, 0.15) is 8.07 Å². The van der Waals surface area contributed by atoms with E-state index in [4.69, 9.17) is 0 Å². The van der Waals surface area contributed by atoms with Gasteiger partial charge in [0.25, 0.3) is 6.71 Å². The molecular formula is C50H55BN2Si. The van der Waals surface area contributed by atoms with Gasteiger partial charge in [0.2, 0.25) is 0 Å². The van der Waals surface area contributed by atoms with Crippen molar-refractivity contribution in [2.45, 2.75) is 92.2 Å². The molecule has 0 saturated heterocycles. The molecule has 272 valence electrons. The first kappa shape index (κ1) is 36.2. The van der Waals surface area contributed by atoms with Gasteiger partial charge in [0.05, 0.1) is 0 Å². The van der Waals surface area contributed by atoms with Crippen LogP contribution in [0.4, 0.5) is 34.1 Å². The van der Waals surface area contributed by atoms with Gasteiger partial charge in [-0.15, -0.1) is 0 Å². The van der Waals surface area contributed by atoms with Crippen LogP contribution in [0.1, 0.15) is 101 Å². The third-order valence-corrected chi connectivity index (χ3v) is 15.8. The van der Waals surface area contributed by atoms with Crippen molar-refractivity contribution in [1.29, 1.82) is 0 Å². The van der Waals surface area contributed by atoms with Crippen LogP contribution < -0.4 is 36.6 Å². The van der Waals surface area contributed by atoms with Gasteiger partial charge in [-0.05, 0) is 110 Å². The zero-order valence-electron chi connectivity index (χ0n) is 33.9. The van der Waals surface area contributed by atoms with Crippen molar-refractivity contribution < 1.29 is 0 Å². The Hall–Kier alpha value is -4.80. The second-order valence-corrected chi connectivity index (χ2v) is 21.8. The molecule has 54 heavy (non-hydrogen) atoms. The Balaban J connectivity index is 1.51. The number of anilines is 6. The first-order valence-electron chi connectivity index (χ1n) is 20.2. The fourth-order valence-corrected chi connectivity index (χ4v) is 11.5. The molecule has 0 N–H and O–H groups in total. The van der Waals surface area contributed by atoms with E-state index < -0.39 is 8.07 Å². The minimum atomic E-state index is -2.23. The minimum absolute atomic E-state index is 0.0929. The van der Waals surface area contributed by atoms with Crippen LogP contribution >= 0.6 is 0 Å². The molecule has 0 fully saturated rings. The topological polar surface area (TPSA) is 6.48 Å². The normalized spacial score (nSPS) is 13.6. The number of benzene rings is 6. The maximum Gasteiger partial charge on any atom is 0.252 e. The van der Waals surface area contributed by atoms with E-state index in [1.807, 2.05) is 0 Å². The standard InChI is InChI=1S/C50H55BN2Si/c1-32(2)36-16-22-40(23-17-36)52-45-26-20-38(34(5)6)30-43(45)51-44-31-39(35(7)8)21-27-46(44)53(41-24-18-37(19-25-41)33(3)4)50-48(29-28-47(52)49(50)51)54(9,10)42-14-12-11-13-15-42/h11-35H,1-10H3. The van der Waals surface area contributed by atoms with Gasteiger partial charge in [-0.25, -0.2) is 0 Å². The molecule has 6 aromatic rings. The fourth-order valence-electron chi connectivity index (χ4n) is 8.86. The molecule has 8 rings (SSSR count). The maximum absolute atomic E-state index is 2.64. The zero-order chi connectivity index (χ0) is 38.1. The molecule has 6 aromatic carbocycles. The van der Waals surface area contributed by atoms with Crippen molar-refractivity contribution in [2.75, 3.05) is 9.80 Å². The van der Waals surface area contributed by atoms with Crippen molar-refractivity contribution in [3.8, 4) is 0 Å². The molecule has 0 amide bonds. The van der Waals surface area contributed by atoms with Gasteiger partial charge < -0.3 is 9.80 Å². The van der Waals surface area contributed by atoms with Crippen LogP contribution in [0.5, 0.6) is 0 Å². The van der Waals surface area contributed by atoms with E-state index in [1.54, 1.807) is 0 Å². The number of nitrogens with zero attached hydrogens (tertiary/aromatic N) is 2. The summed E-state index contributed by atoms with van der Waals surface area (Å²) >= 11 is 0. The highest BCUT2D eigenvalue weighted by atomic mass is 28.3. The Morgan fingerprint density at radius 3 is 1.35 bits per heavy atom. The van der Waals surface area contributed by atoms with Crippen molar-refractivity contribution in [3.63, 3.8) is 0 Å². The third-order valence-electron chi connectivity index (χ3n) is 12.3. The van der Waals surface area contributed by atoms with E-state index >= 15 is 0 Å². The zero-order valence-corrected chi connectivity index (χ0v) is 34.9. The summed E-state index contributed by atoms with van der Waals surface area (Å²) in [5.41, 5.74) is 17.4. The minimum Gasteiger partial charge on any atom is -0.312 e. The number of hydrogen-bond donors (Lipinski definition) is 0. The van der Waals surface area contributed by atoms with Crippen LogP contribution in [0.3, 0.4) is 0 Å². The number of hydrogen-bond acceptors (Lipinski definition) is 2. The molecule has 2 heterocycles. The molecule has 0 saturated carbocycles. The monoisotopic (exact) mass is 722 g/mol. The van der Waals surface area contributed by atoms with Crippen molar-refractivity contribution in [2.24, 2.45) is 0 Å². The Morgan fingerprint density at radius 1 is 0.444 bits per heavy atom. The van der Waals surface area contributed by atoms with Gasteiger partial charge in [0.15, 0.2) is 0 Å². The average molecular weight is 723 g/mol. The van der Waals surface area contributed by atoms with Gasteiger partial charge >= 0.3 is 0 Å². The summed E-state index contributed by atoms with van der Waals surface area (Å²) in [5.74, 6) is 1.79. The summed E-state index contributed by atoms with van der Waals surface area (Å²) in [7, 11) is -2.23. The molecule has 0 aromatic heterocycles. The molecule has 0 aliphatic carbocycles. The highest BCUT2D eigenvalue weighted by Crippen LogP contribution is 2.45. The van der Waals surface area contributed by atoms with E-state index in [-0.39, 0.29) is 6.71 Å². The van der Waals surface area contributed by atoms with Crippen LogP contribution in [0.2, 0.25) is 13.1 Å². The third kappa shape index (κ3) is 5.94. The van der Waals surface area contributed by atoms with E-state index in [0.29, 0.717) is 23.7 Å². The Bertz CT molecular complexity index is 2300. The van der Waals surface area contributed by atoms with Crippen LogP contribution in [0.15, 0.2) is 127 Å². The summed E-state index contributed by atoms with van der Waals surface area (Å²) in [6, 6.07) is 49.7. The highest BCUT2D eigenvalue weighted by molar-refractivity contribution is 7.04. The summed E-state index contributed by atoms with van der Waals surface area (Å²) in [4.78, 5) is 5.21. The van der Waals surface area contributed by atoms with Gasteiger partial charge in [-0.2, -0.15) is 0 Å². The lowest BCUT2D eigenvalue weighted by molar-refractivity contribution is 0.866. The first-order chi connectivity index (χ1) is 25.9. The van der Waals surface area contributed by atoms with Crippen LogP contribution in [0, 0.1) is 0 Å². The summed E-state index contributed by atoms with van der Waals surface area (Å²) < 4.78 is 0. The molecule has 0 bridgehead atoms. The van der Waals surface area contributed by atoms with E-state index in [1.165, 1.54) is 83.1 Å². The van der Waals surface area contributed by atoms with Crippen LogP contribution in [-0.2, 0) is 0 Å². The van der Waals surface area contributed by atoms with Crippen molar-refractivity contribution in [3.05, 3.63) is 150 Å². The van der Waals surface area contributed by atoms with Crippen molar-refractivity contribution in [1.82, 2.24) is 0 Å². The van der Waals surface area contributed by atoms with E-state index in [0.717, 1.165) is 0 Å². The molecule has 0 spiro atoms. The fraction of sp³-hybridized carbons (Fsp3) is 0.280. The smallest absolute Gasteiger partial charge is 0.252 e. The number of rotatable bonds is 8. The maximum atomic E-state index is 2.64.